The van der Waals surface area contributed by atoms with Crippen LogP contribution in [0.25, 0.3) is 0 Å². The van der Waals surface area contributed by atoms with Crippen LogP contribution in [0.2, 0.25) is 0 Å². The molecular weight excluding hydrogens is 466 g/mol. The van der Waals surface area contributed by atoms with Gasteiger partial charge in [-0.2, -0.15) is 9.29 Å². The third-order valence-electron chi connectivity index (χ3n) is 2.90. The second-order valence-electron chi connectivity index (χ2n) is 5.13. The summed E-state index contributed by atoms with van der Waals surface area (Å²) in [5, 5.41) is 9.99. The van der Waals surface area contributed by atoms with Crippen LogP contribution >= 0.6 is 23.2 Å². The van der Waals surface area contributed by atoms with E-state index in [1.165, 1.54) is 0 Å². The van der Waals surface area contributed by atoms with Crippen LogP contribution in [0.5, 0.6) is 0 Å². The van der Waals surface area contributed by atoms with Gasteiger partial charge in [0.2, 0.25) is 6.30 Å². The zero-order chi connectivity index (χ0) is 22.6. The molecule has 15 nitrogen and oxygen atoms in total. The molecule has 0 bridgehead atoms. The Hall–Kier alpha value is -1.28. The van der Waals surface area contributed by atoms with E-state index in [4.69, 9.17) is 25.2 Å². The second kappa shape index (κ2) is 9.69. The molecule has 0 aromatic carbocycles. The second-order valence-corrected chi connectivity index (χ2v) is 9.78. The van der Waals surface area contributed by atoms with Gasteiger partial charge in [-0.25, -0.2) is 22.6 Å². The van der Waals surface area contributed by atoms with E-state index in [0.29, 0.717) is 10.6 Å². The van der Waals surface area contributed by atoms with Gasteiger partial charge in [0.15, 0.2) is 0 Å². The molecule has 0 saturated heterocycles. The Labute approximate surface area is 161 Å². The maximum absolute atomic E-state index is 14.4. The first-order valence-electron chi connectivity index (χ1n) is 7.09. The van der Waals surface area contributed by atoms with Crippen LogP contribution in [0.15, 0.2) is 29.0 Å². The highest BCUT2D eigenvalue weighted by Gasteiger charge is 2.39. The minimum atomic E-state index is -5.68. The lowest BCUT2D eigenvalue weighted by molar-refractivity contribution is -0.0527. The number of hydrogen-bond acceptors (Lipinski definition) is 10. The molecule has 1 aromatic heterocycles. The van der Waals surface area contributed by atoms with E-state index in [-0.39, 0.29) is 11.6 Å². The van der Waals surface area contributed by atoms with E-state index in [9.17, 15) is 32.9 Å². The maximum atomic E-state index is 14.4. The average Bonchev–Trinajstić information content (AvgIpc) is 2.50. The summed E-state index contributed by atoms with van der Waals surface area (Å²) < 4.78 is 60.2. The summed E-state index contributed by atoms with van der Waals surface area (Å²) in [4.78, 5) is 50.3. The standard InChI is InChI=1S/C10H17FN3O12P3/c1-24-6(8(15)9(11)14-4-2-7(12)13-10(14)16)3-5-27(17,18)25-29(22,23)26-28(19,20)21/h2-6,8-9,15H,1H3,(H,17,18)(H,22,23)(H2,12,13,16)(H2,19,20,21)/b5-3+/t6-,8-,9+/m1/s1. The molecule has 0 amide bonds. The Morgan fingerprint density at radius 3 is 2.31 bits per heavy atom. The lowest BCUT2D eigenvalue weighted by atomic mass is 10.2. The topological polar surface area (TPSA) is 241 Å². The van der Waals surface area contributed by atoms with Crippen molar-refractivity contribution >= 4 is 29.1 Å². The van der Waals surface area contributed by atoms with Gasteiger partial charge in [0.1, 0.15) is 18.0 Å². The molecule has 2 unspecified atom stereocenters. The Bertz CT molecular complexity index is 947. The van der Waals surface area contributed by atoms with E-state index >= 15 is 0 Å². The molecule has 0 radical (unpaired) electrons. The highest BCUT2D eigenvalue weighted by atomic mass is 31.3. The molecule has 0 fully saturated rings. The van der Waals surface area contributed by atoms with Crippen LogP contribution in [0.4, 0.5) is 10.2 Å². The van der Waals surface area contributed by atoms with E-state index in [1.54, 1.807) is 0 Å². The molecule has 0 aliphatic heterocycles. The van der Waals surface area contributed by atoms with Crippen LogP contribution in [0, 0.1) is 0 Å². The van der Waals surface area contributed by atoms with E-state index in [0.717, 1.165) is 19.4 Å². The summed E-state index contributed by atoms with van der Waals surface area (Å²) in [6, 6.07) is 1.06. The first kappa shape index (κ1) is 25.8. The number of nitrogens with zero attached hydrogens (tertiary/aromatic N) is 2. The summed E-state index contributed by atoms with van der Waals surface area (Å²) in [6.07, 6.45) is -4.86. The summed E-state index contributed by atoms with van der Waals surface area (Å²) in [5.41, 5.74) is 4.10. The molecule has 29 heavy (non-hydrogen) atoms. The minimum Gasteiger partial charge on any atom is -0.385 e. The van der Waals surface area contributed by atoms with Gasteiger partial charge in [-0.3, -0.25) is 9.13 Å². The number of aliphatic hydroxyl groups is 1. The number of rotatable bonds is 10. The highest BCUT2D eigenvalue weighted by Crippen LogP contribution is 2.66. The van der Waals surface area contributed by atoms with Crippen LogP contribution in [0.3, 0.4) is 0 Å². The molecule has 1 aromatic rings. The van der Waals surface area contributed by atoms with Gasteiger partial charge in [0, 0.05) is 19.1 Å². The van der Waals surface area contributed by atoms with Crippen LogP contribution < -0.4 is 11.4 Å². The first-order chi connectivity index (χ1) is 13.1. The molecule has 1 rings (SSSR count). The highest BCUT2D eigenvalue weighted by molar-refractivity contribution is 7.69. The molecule has 1 heterocycles. The number of alkyl halides is 1. The number of hydrogen-bond donors (Lipinski definition) is 6. The average molecular weight is 483 g/mol. The summed E-state index contributed by atoms with van der Waals surface area (Å²) >= 11 is 0. The third kappa shape index (κ3) is 8.54. The molecule has 5 atom stereocenters. The Morgan fingerprint density at radius 2 is 1.83 bits per heavy atom. The molecule has 0 aliphatic rings. The van der Waals surface area contributed by atoms with Crippen molar-refractivity contribution in [2.24, 2.45) is 0 Å². The lowest BCUT2D eigenvalue weighted by Crippen LogP contribution is -2.38. The number of aromatic nitrogens is 2. The molecule has 0 spiro atoms. The SMILES string of the molecule is CO[C@H](/C=C/P(=O)(O)OP(=O)(O)OP(=O)(O)O)[C@@H](O)[C@@H](F)n1ccc(N)nc1=O. The van der Waals surface area contributed by atoms with E-state index < -0.39 is 47.4 Å². The van der Waals surface area contributed by atoms with E-state index in [2.05, 4.69) is 13.6 Å². The van der Waals surface area contributed by atoms with Crippen molar-refractivity contribution in [1.29, 1.82) is 0 Å². The van der Waals surface area contributed by atoms with Gasteiger partial charge >= 0.3 is 28.9 Å². The fourth-order valence-corrected chi connectivity index (χ4v) is 5.03. The molecule has 7 N–H and O–H groups in total. The number of halogens is 1. The van der Waals surface area contributed by atoms with Crippen molar-refractivity contribution in [3.63, 3.8) is 0 Å². The van der Waals surface area contributed by atoms with Gasteiger partial charge in [-0.15, -0.1) is 0 Å². The summed E-state index contributed by atoms with van der Waals surface area (Å²) in [6.45, 7) is 0. The zero-order valence-corrected chi connectivity index (χ0v) is 17.0. The van der Waals surface area contributed by atoms with Crippen LogP contribution in [-0.4, -0.2) is 53.5 Å². The number of methoxy groups -OCH3 is 1. The zero-order valence-electron chi connectivity index (χ0n) is 14.3. The number of aliphatic hydroxyl groups excluding tert-OH is 1. The smallest absolute Gasteiger partial charge is 0.385 e. The van der Waals surface area contributed by atoms with Gasteiger partial charge in [0.05, 0.1) is 0 Å². The van der Waals surface area contributed by atoms with Crippen molar-refractivity contribution in [2.45, 2.75) is 18.5 Å². The number of phosphoric acid groups is 2. The first-order valence-corrected chi connectivity index (χ1v) is 11.8. The molecule has 166 valence electrons. The van der Waals surface area contributed by atoms with Crippen LogP contribution in [-0.2, 0) is 27.1 Å². The predicted octanol–water partition coefficient (Wildman–Crippen LogP) is -0.405. The van der Waals surface area contributed by atoms with E-state index in [1.807, 2.05) is 0 Å². The largest absolute Gasteiger partial charge is 0.488 e. The number of ether oxygens (including phenoxy) is 1. The van der Waals surface area contributed by atoms with Crippen molar-refractivity contribution < 1.29 is 56.1 Å². The quantitative estimate of drug-likeness (QED) is 0.232. The lowest BCUT2D eigenvalue weighted by Gasteiger charge is -2.23. The molecule has 0 aliphatic carbocycles. The third-order valence-corrected chi connectivity index (χ3v) is 6.89. The maximum Gasteiger partial charge on any atom is 0.488 e. The van der Waals surface area contributed by atoms with Crippen molar-refractivity contribution in [2.75, 3.05) is 12.8 Å². The normalized spacial score (nSPS) is 20.0. The number of nitrogens with two attached hydrogens (primary N) is 1. The number of anilines is 1. The van der Waals surface area contributed by atoms with Crippen LogP contribution in [0.1, 0.15) is 6.30 Å². The van der Waals surface area contributed by atoms with Gasteiger partial charge < -0.3 is 35.2 Å². The minimum absolute atomic E-state index is 0.174. The molecule has 0 saturated carbocycles. The monoisotopic (exact) mass is 483 g/mol. The summed E-state index contributed by atoms with van der Waals surface area (Å²) in [5.74, 6) is -0.0343. The van der Waals surface area contributed by atoms with Gasteiger partial charge in [0.25, 0.3) is 0 Å². The molecule has 19 heteroatoms. The number of nitrogen functional groups attached to an aromatic ring is 1. The molecular formula is C10H17FN3O12P3. The van der Waals surface area contributed by atoms with Gasteiger partial charge in [-0.05, 0) is 12.1 Å². The van der Waals surface area contributed by atoms with Crippen molar-refractivity contribution in [3.8, 4) is 0 Å². The summed E-state index contributed by atoms with van der Waals surface area (Å²) in [7, 11) is -15.5. The Morgan fingerprint density at radius 1 is 1.24 bits per heavy atom. The fraction of sp³-hybridized carbons (Fsp3) is 0.400. The predicted molar refractivity (Wildman–Crippen MR) is 92.9 cm³/mol. The Kier molecular flexibility index (Phi) is 8.60. The Balaban J connectivity index is 2.98. The van der Waals surface area contributed by atoms with Gasteiger partial charge in [-0.1, -0.05) is 0 Å². The van der Waals surface area contributed by atoms with Crippen molar-refractivity contribution in [1.82, 2.24) is 9.55 Å². The fourth-order valence-electron chi connectivity index (χ4n) is 1.78. The van der Waals surface area contributed by atoms with Crippen molar-refractivity contribution in [3.05, 3.63) is 34.6 Å².